The molecule has 0 heterocycles. The molecule has 0 aliphatic carbocycles. The molecule has 0 rings (SSSR count). The molecule has 0 aliphatic rings. The summed E-state index contributed by atoms with van der Waals surface area (Å²) in [5.74, 6) is -0.184. The number of halogens is 1. The second-order valence-electron chi connectivity index (χ2n) is 0.720. The Morgan fingerprint density at radius 1 is 1.86 bits per heavy atom. The van der Waals surface area contributed by atoms with Crippen LogP contribution in [-0.4, -0.2) is 63.0 Å². The van der Waals surface area contributed by atoms with Gasteiger partial charge in [-0.15, -0.1) is 0 Å². The van der Waals surface area contributed by atoms with E-state index in [1.165, 1.54) is 0 Å². The molecule has 0 spiro atoms. The van der Waals surface area contributed by atoms with E-state index >= 15 is 0 Å². The molecule has 38 valence electrons. The van der Waals surface area contributed by atoms with Crippen molar-refractivity contribution in [1.82, 2.24) is 0 Å². The predicted molar refractivity (Wildman–Crippen MR) is 34.7 cm³/mol. The Kier molecular flexibility index (Phi) is 12.8. The topological polar surface area (TPSA) is 43.1 Å². The van der Waals surface area contributed by atoms with E-state index in [4.69, 9.17) is 10.7 Å². The molecule has 0 aromatic carbocycles. The summed E-state index contributed by atoms with van der Waals surface area (Å²) in [6, 6.07) is 0. The maximum absolute atomic E-state index is 9.72. The van der Waals surface area contributed by atoms with E-state index in [0.717, 1.165) is 11.0 Å². The molecule has 2 N–H and O–H groups in total. The Morgan fingerprint density at radius 2 is 2.29 bits per heavy atom. The SMILES string of the molecule is NC(=O)CSCl.[KH]. The minimum atomic E-state index is -0.380. The van der Waals surface area contributed by atoms with Crippen molar-refractivity contribution in [1.29, 1.82) is 0 Å². The van der Waals surface area contributed by atoms with Crippen LogP contribution in [0.2, 0.25) is 0 Å². The number of primary amides is 1. The Labute approximate surface area is 93.5 Å². The van der Waals surface area contributed by atoms with Crippen LogP contribution in [0.25, 0.3) is 0 Å². The molecular weight excluding hydrogens is 161 g/mol. The number of rotatable bonds is 2. The molecule has 1 amide bonds. The van der Waals surface area contributed by atoms with Gasteiger partial charge < -0.3 is 5.73 Å². The van der Waals surface area contributed by atoms with Crippen LogP contribution in [0.1, 0.15) is 0 Å². The first-order valence-electron chi connectivity index (χ1n) is 1.29. The summed E-state index contributed by atoms with van der Waals surface area (Å²) in [7, 11) is 5.92. The third kappa shape index (κ3) is 11.4. The van der Waals surface area contributed by atoms with Crippen LogP contribution < -0.4 is 5.73 Å². The molecule has 0 aromatic rings. The molecule has 0 aromatic heterocycles. The van der Waals surface area contributed by atoms with Gasteiger partial charge in [0.1, 0.15) is 0 Å². The van der Waals surface area contributed by atoms with Gasteiger partial charge in [-0.2, -0.15) is 0 Å². The summed E-state index contributed by atoms with van der Waals surface area (Å²) >= 11 is 0. The molecule has 0 aliphatic heterocycles. The summed E-state index contributed by atoms with van der Waals surface area (Å²) in [4.78, 5) is 9.72. The quantitative estimate of drug-likeness (QED) is 0.572. The third-order valence-corrected chi connectivity index (χ3v) is 0.918. The van der Waals surface area contributed by atoms with Gasteiger partial charge >= 0.3 is 51.4 Å². The van der Waals surface area contributed by atoms with Crippen LogP contribution in [0, 0.1) is 0 Å². The van der Waals surface area contributed by atoms with Gasteiger partial charge in [0.25, 0.3) is 0 Å². The van der Waals surface area contributed by atoms with Gasteiger partial charge in [0.15, 0.2) is 0 Å². The van der Waals surface area contributed by atoms with Crippen molar-refractivity contribution in [3.05, 3.63) is 0 Å². The molecule has 0 radical (unpaired) electrons. The first kappa shape index (κ1) is 11.5. The van der Waals surface area contributed by atoms with Crippen molar-refractivity contribution >= 4 is 78.9 Å². The fourth-order valence-corrected chi connectivity index (χ4v) is 0.484. The molecule has 0 fully saturated rings. The van der Waals surface area contributed by atoms with E-state index < -0.39 is 0 Å². The van der Waals surface area contributed by atoms with Gasteiger partial charge in [-0.3, -0.25) is 4.79 Å². The van der Waals surface area contributed by atoms with E-state index in [1.807, 2.05) is 0 Å². The zero-order valence-corrected chi connectivity index (χ0v) is 4.55. The van der Waals surface area contributed by atoms with E-state index in [1.54, 1.807) is 0 Å². The zero-order chi connectivity index (χ0) is 4.99. The molecule has 0 atom stereocenters. The van der Waals surface area contributed by atoms with E-state index in [0.29, 0.717) is 0 Å². The fourth-order valence-electron chi connectivity index (χ4n) is 0.0538. The van der Waals surface area contributed by atoms with Gasteiger partial charge in [0.2, 0.25) is 5.91 Å². The maximum atomic E-state index is 9.72. The van der Waals surface area contributed by atoms with Gasteiger partial charge in [-0.05, 0) is 21.7 Å². The standard InChI is InChI=1S/C2H4ClNOS.K.H/c3-6-1-2(4)5;;/h1H2,(H2,4,5);;. The van der Waals surface area contributed by atoms with Crippen molar-refractivity contribution in [2.45, 2.75) is 0 Å². The third-order valence-electron chi connectivity index (χ3n) is 0.197. The Morgan fingerprint density at radius 3 is 2.29 bits per heavy atom. The molecular formula is C2H5ClKNOS. The number of amides is 1. The number of hydrogen-bond acceptors (Lipinski definition) is 2. The second kappa shape index (κ2) is 7.75. The van der Waals surface area contributed by atoms with E-state index in [2.05, 4.69) is 5.73 Å². The van der Waals surface area contributed by atoms with Crippen LogP contribution in [0.15, 0.2) is 0 Å². The first-order chi connectivity index (χ1) is 2.77. The number of carbonyl (C=O) groups is 1. The molecule has 0 saturated heterocycles. The van der Waals surface area contributed by atoms with Crippen molar-refractivity contribution in [3.8, 4) is 0 Å². The van der Waals surface area contributed by atoms with E-state index in [9.17, 15) is 4.79 Å². The summed E-state index contributed by atoms with van der Waals surface area (Å²) in [5, 5.41) is 0. The van der Waals surface area contributed by atoms with Gasteiger partial charge in [0.05, 0.1) is 5.75 Å². The van der Waals surface area contributed by atoms with Crippen molar-refractivity contribution in [3.63, 3.8) is 0 Å². The summed E-state index contributed by atoms with van der Waals surface area (Å²) in [6.07, 6.45) is 0. The van der Waals surface area contributed by atoms with Crippen molar-refractivity contribution < 1.29 is 4.79 Å². The molecule has 0 bridgehead atoms. The van der Waals surface area contributed by atoms with Crippen molar-refractivity contribution in [2.75, 3.05) is 5.75 Å². The fraction of sp³-hybridized carbons (Fsp3) is 0.500. The van der Waals surface area contributed by atoms with Gasteiger partial charge in [-0.25, -0.2) is 0 Å². The second-order valence-corrected chi connectivity index (χ2v) is 1.88. The number of hydrogen-bond donors (Lipinski definition) is 1. The molecule has 2 nitrogen and oxygen atoms in total. The summed E-state index contributed by atoms with van der Waals surface area (Å²) < 4.78 is 0. The average molecular weight is 166 g/mol. The summed E-state index contributed by atoms with van der Waals surface area (Å²) in [6.45, 7) is 0. The normalized spacial score (nSPS) is 7.00. The van der Waals surface area contributed by atoms with Gasteiger partial charge in [-0.1, -0.05) is 0 Å². The van der Waals surface area contributed by atoms with Crippen LogP contribution >= 0.6 is 21.7 Å². The van der Waals surface area contributed by atoms with Crippen LogP contribution in [0.5, 0.6) is 0 Å². The minimum absolute atomic E-state index is 0. The molecule has 5 heteroatoms. The predicted octanol–water partition coefficient (Wildman–Crippen LogP) is -0.290. The monoisotopic (exact) mass is 165 g/mol. The van der Waals surface area contributed by atoms with Crippen LogP contribution in [0.4, 0.5) is 0 Å². The van der Waals surface area contributed by atoms with Crippen LogP contribution in [-0.2, 0) is 4.79 Å². The first-order valence-corrected chi connectivity index (χ1v) is 3.10. The molecule has 0 unspecified atom stereocenters. The van der Waals surface area contributed by atoms with Crippen molar-refractivity contribution in [2.24, 2.45) is 5.73 Å². The Bertz CT molecular complexity index is 61.7. The zero-order valence-electron chi connectivity index (χ0n) is 2.98. The number of nitrogens with two attached hydrogens (primary N) is 1. The summed E-state index contributed by atoms with van der Waals surface area (Å²) in [5.41, 5.74) is 4.66. The Hall–Kier alpha value is 1.75. The van der Waals surface area contributed by atoms with E-state index in [-0.39, 0.29) is 63.0 Å². The van der Waals surface area contributed by atoms with Gasteiger partial charge in [0, 0.05) is 0 Å². The molecule has 0 saturated carbocycles. The Balaban J connectivity index is 0. The van der Waals surface area contributed by atoms with Crippen LogP contribution in [0.3, 0.4) is 0 Å². The average Bonchev–Trinajstić information content (AvgIpc) is 1.35. The molecule has 7 heavy (non-hydrogen) atoms. The number of carbonyl (C=O) groups excluding carboxylic acids is 1.